The Morgan fingerprint density at radius 2 is 1.69 bits per heavy atom. The molecule has 3 rings (SSSR count). The first-order valence-electron chi connectivity index (χ1n) is 10.9. The van der Waals surface area contributed by atoms with Crippen molar-refractivity contribution >= 4 is 33.4 Å². The summed E-state index contributed by atoms with van der Waals surface area (Å²) in [5.74, 6) is -0.971. The van der Waals surface area contributed by atoms with Crippen LogP contribution in [-0.2, 0) is 9.59 Å². The highest BCUT2D eigenvalue weighted by molar-refractivity contribution is 9.10. The standard InChI is InChI=1S/C25H29BrN2O7/c1-27(2)9-6-10-28-21(15-11-16(26)23(30)19(13-15)35-5)20(24(31)25(28)32)22(29)14-7-8-17(33-3)18(12-14)34-4/h7-8,11-13,21,29-30H,6,9-10H2,1-5H3/t21-/m0/s1. The van der Waals surface area contributed by atoms with Gasteiger partial charge in [0.1, 0.15) is 5.76 Å². The van der Waals surface area contributed by atoms with Gasteiger partial charge in [-0.15, -0.1) is 0 Å². The lowest BCUT2D eigenvalue weighted by Gasteiger charge is -2.26. The lowest BCUT2D eigenvalue weighted by molar-refractivity contribution is -0.139. The molecule has 1 heterocycles. The van der Waals surface area contributed by atoms with Crippen molar-refractivity contribution in [3.8, 4) is 23.0 Å². The number of carbonyl (C=O) groups is 2. The topological polar surface area (TPSA) is 109 Å². The normalized spacial score (nSPS) is 17.2. The molecule has 0 saturated carbocycles. The highest BCUT2D eigenvalue weighted by Gasteiger charge is 2.46. The molecular weight excluding hydrogens is 520 g/mol. The van der Waals surface area contributed by atoms with Crippen LogP contribution in [0.25, 0.3) is 5.76 Å². The number of ketones is 1. The Kier molecular flexibility index (Phi) is 8.29. The van der Waals surface area contributed by atoms with E-state index in [4.69, 9.17) is 14.2 Å². The number of amides is 1. The number of hydrogen-bond donors (Lipinski definition) is 2. The zero-order chi connectivity index (χ0) is 25.9. The number of Topliss-reactive ketones (excluding diaryl/α,β-unsaturated/α-hetero) is 1. The lowest BCUT2D eigenvalue weighted by atomic mass is 9.94. The van der Waals surface area contributed by atoms with Crippen LogP contribution < -0.4 is 14.2 Å². The van der Waals surface area contributed by atoms with Gasteiger partial charge in [0.15, 0.2) is 23.0 Å². The Morgan fingerprint density at radius 3 is 2.29 bits per heavy atom. The van der Waals surface area contributed by atoms with E-state index in [0.717, 1.165) is 0 Å². The summed E-state index contributed by atoms with van der Waals surface area (Å²) in [7, 11) is 8.20. The fourth-order valence-corrected chi connectivity index (χ4v) is 4.52. The monoisotopic (exact) mass is 548 g/mol. The number of methoxy groups -OCH3 is 3. The van der Waals surface area contributed by atoms with Gasteiger partial charge in [-0.1, -0.05) is 0 Å². The summed E-state index contributed by atoms with van der Waals surface area (Å²) in [5, 5.41) is 21.6. The first-order valence-corrected chi connectivity index (χ1v) is 11.7. The molecule has 188 valence electrons. The number of aliphatic hydroxyl groups excluding tert-OH is 1. The average Bonchev–Trinajstić information content (AvgIpc) is 3.09. The van der Waals surface area contributed by atoms with Gasteiger partial charge in [0.25, 0.3) is 11.7 Å². The Hall–Kier alpha value is -3.24. The van der Waals surface area contributed by atoms with Crippen molar-refractivity contribution in [1.82, 2.24) is 9.80 Å². The van der Waals surface area contributed by atoms with Crippen molar-refractivity contribution in [3.63, 3.8) is 0 Å². The van der Waals surface area contributed by atoms with Crippen LogP contribution in [0.15, 0.2) is 40.4 Å². The Morgan fingerprint density at radius 1 is 1.03 bits per heavy atom. The number of benzene rings is 2. The Bertz CT molecular complexity index is 1160. The van der Waals surface area contributed by atoms with Crippen LogP contribution in [-0.4, -0.2) is 80.2 Å². The van der Waals surface area contributed by atoms with E-state index in [-0.39, 0.29) is 29.4 Å². The van der Waals surface area contributed by atoms with Crippen molar-refractivity contribution < 1.29 is 34.0 Å². The van der Waals surface area contributed by atoms with E-state index < -0.39 is 17.7 Å². The largest absolute Gasteiger partial charge is 0.507 e. The smallest absolute Gasteiger partial charge is 0.295 e. The number of likely N-dealkylation sites (tertiary alicyclic amines) is 1. The van der Waals surface area contributed by atoms with Gasteiger partial charge in [0.2, 0.25) is 0 Å². The highest BCUT2D eigenvalue weighted by atomic mass is 79.9. The van der Waals surface area contributed by atoms with Crippen molar-refractivity contribution in [1.29, 1.82) is 0 Å². The number of ether oxygens (including phenoxy) is 3. The van der Waals surface area contributed by atoms with Gasteiger partial charge in [0, 0.05) is 12.1 Å². The van der Waals surface area contributed by atoms with E-state index in [2.05, 4.69) is 15.9 Å². The summed E-state index contributed by atoms with van der Waals surface area (Å²) in [6.07, 6.45) is 0.614. The van der Waals surface area contributed by atoms with Gasteiger partial charge in [-0.3, -0.25) is 9.59 Å². The van der Waals surface area contributed by atoms with E-state index in [9.17, 15) is 19.8 Å². The molecule has 1 amide bonds. The number of hydrogen-bond acceptors (Lipinski definition) is 8. The second kappa shape index (κ2) is 11.0. The van der Waals surface area contributed by atoms with Crippen molar-refractivity contribution in [3.05, 3.63) is 51.5 Å². The fourth-order valence-electron chi connectivity index (χ4n) is 4.06. The molecule has 2 aromatic carbocycles. The molecule has 0 bridgehead atoms. The molecule has 1 saturated heterocycles. The molecule has 35 heavy (non-hydrogen) atoms. The third-order valence-electron chi connectivity index (χ3n) is 5.79. The van der Waals surface area contributed by atoms with Crippen LogP contribution in [0.3, 0.4) is 0 Å². The van der Waals surface area contributed by atoms with E-state index in [0.29, 0.717) is 40.1 Å². The van der Waals surface area contributed by atoms with E-state index >= 15 is 0 Å². The molecule has 9 nitrogen and oxygen atoms in total. The number of nitrogens with zero attached hydrogens (tertiary/aromatic N) is 2. The number of halogens is 1. The summed E-state index contributed by atoms with van der Waals surface area (Å²) >= 11 is 3.31. The lowest BCUT2D eigenvalue weighted by Crippen LogP contribution is -2.32. The fraction of sp³-hybridized carbons (Fsp3) is 0.360. The number of phenols is 1. The summed E-state index contributed by atoms with van der Waals surface area (Å²) < 4.78 is 16.2. The van der Waals surface area contributed by atoms with Gasteiger partial charge < -0.3 is 34.2 Å². The minimum atomic E-state index is -0.893. The molecule has 2 aromatic rings. The summed E-state index contributed by atoms with van der Waals surface area (Å²) in [6.45, 7) is 0.991. The third kappa shape index (κ3) is 5.23. The molecule has 1 atom stereocenters. The van der Waals surface area contributed by atoms with Crippen LogP contribution in [0.4, 0.5) is 0 Å². The molecule has 0 aromatic heterocycles. The summed E-state index contributed by atoms with van der Waals surface area (Å²) in [6, 6.07) is 7.00. The minimum absolute atomic E-state index is 0.0632. The minimum Gasteiger partial charge on any atom is -0.507 e. The van der Waals surface area contributed by atoms with Crippen LogP contribution >= 0.6 is 15.9 Å². The number of carbonyl (C=O) groups excluding carboxylic acids is 2. The average molecular weight is 549 g/mol. The molecule has 1 fully saturated rings. The maximum atomic E-state index is 13.2. The molecule has 0 radical (unpaired) electrons. The molecule has 1 aliphatic heterocycles. The number of aromatic hydroxyl groups is 1. The van der Waals surface area contributed by atoms with Gasteiger partial charge >= 0.3 is 0 Å². The zero-order valence-electron chi connectivity index (χ0n) is 20.3. The molecule has 2 N–H and O–H groups in total. The van der Waals surface area contributed by atoms with Gasteiger partial charge in [-0.05, 0) is 78.9 Å². The first-order chi connectivity index (χ1) is 16.6. The quantitative estimate of drug-likeness (QED) is 0.278. The van der Waals surface area contributed by atoms with E-state index in [1.807, 2.05) is 19.0 Å². The predicted octanol–water partition coefficient (Wildman–Crippen LogP) is 3.55. The number of aliphatic hydroxyl groups is 1. The van der Waals surface area contributed by atoms with Crippen molar-refractivity contribution in [2.45, 2.75) is 12.5 Å². The second-order valence-electron chi connectivity index (χ2n) is 8.27. The molecular formula is C25H29BrN2O7. The number of rotatable bonds is 9. The predicted molar refractivity (Wildman–Crippen MR) is 134 cm³/mol. The third-order valence-corrected chi connectivity index (χ3v) is 6.39. The van der Waals surface area contributed by atoms with Crippen LogP contribution in [0.1, 0.15) is 23.6 Å². The van der Waals surface area contributed by atoms with Gasteiger partial charge in [-0.2, -0.15) is 0 Å². The van der Waals surface area contributed by atoms with Crippen LogP contribution in [0, 0.1) is 0 Å². The molecule has 10 heteroatoms. The van der Waals surface area contributed by atoms with E-state index in [1.165, 1.54) is 32.3 Å². The highest BCUT2D eigenvalue weighted by Crippen LogP contribution is 2.44. The van der Waals surface area contributed by atoms with Crippen LogP contribution in [0.2, 0.25) is 0 Å². The van der Waals surface area contributed by atoms with Crippen LogP contribution in [0.5, 0.6) is 23.0 Å². The zero-order valence-corrected chi connectivity index (χ0v) is 21.9. The maximum Gasteiger partial charge on any atom is 0.295 e. The summed E-state index contributed by atoms with van der Waals surface area (Å²) in [4.78, 5) is 29.8. The van der Waals surface area contributed by atoms with Crippen molar-refractivity contribution in [2.24, 2.45) is 0 Å². The number of phenolic OH excluding ortho intramolecular Hbond substituents is 1. The Labute approximate surface area is 212 Å². The molecule has 0 spiro atoms. The Balaban J connectivity index is 2.20. The van der Waals surface area contributed by atoms with Gasteiger partial charge in [0.05, 0.1) is 37.4 Å². The first kappa shape index (κ1) is 26.4. The summed E-state index contributed by atoms with van der Waals surface area (Å²) in [5.41, 5.74) is 0.730. The SMILES string of the molecule is COc1ccc(C(O)=C2C(=O)C(=O)N(CCCN(C)C)[C@H]2c2cc(Br)c(O)c(OC)c2)cc1OC. The van der Waals surface area contributed by atoms with Gasteiger partial charge in [-0.25, -0.2) is 0 Å². The molecule has 0 aliphatic carbocycles. The van der Waals surface area contributed by atoms with E-state index in [1.54, 1.807) is 24.3 Å². The van der Waals surface area contributed by atoms with Crippen molar-refractivity contribution in [2.75, 3.05) is 48.5 Å². The molecule has 0 unspecified atom stereocenters. The molecule has 1 aliphatic rings. The maximum absolute atomic E-state index is 13.2. The second-order valence-corrected chi connectivity index (χ2v) is 9.13.